The Bertz CT molecular complexity index is 1890. The number of allylic oxidation sites excluding steroid dienone is 1. The second-order valence-electron chi connectivity index (χ2n) is 11.2. The van der Waals surface area contributed by atoms with E-state index in [4.69, 9.17) is 14.9 Å². The predicted octanol–water partition coefficient (Wildman–Crippen LogP) is 8.09. The lowest BCUT2D eigenvalue weighted by Gasteiger charge is -2.31. The normalized spacial score (nSPS) is 14.5. The van der Waals surface area contributed by atoms with E-state index in [0.717, 1.165) is 22.1 Å². The number of fused-ring (bicyclic) bond motifs is 1. The first-order chi connectivity index (χ1) is 22.1. The smallest absolute Gasteiger partial charge is 0.253 e. The molecule has 0 aliphatic carbocycles. The zero-order valence-corrected chi connectivity index (χ0v) is 24.7. The van der Waals surface area contributed by atoms with Crippen LogP contribution in [0.1, 0.15) is 40.9 Å². The van der Waals surface area contributed by atoms with Crippen molar-refractivity contribution in [1.82, 2.24) is 9.88 Å². The van der Waals surface area contributed by atoms with Gasteiger partial charge in [-0.15, -0.1) is 0 Å². The molecule has 1 aliphatic rings. The molecule has 2 N–H and O–H groups in total. The number of ketones is 1. The molecule has 0 atom stereocenters. The van der Waals surface area contributed by atoms with Crippen LogP contribution in [0, 0.1) is 5.82 Å². The topological polar surface area (TPSA) is 98.7 Å². The van der Waals surface area contributed by atoms with Crippen LogP contribution in [0.15, 0.2) is 95.6 Å². The summed E-state index contributed by atoms with van der Waals surface area (Å²) < 4.78 is 53.0. The zero-order chi connectivity index (χ0) is 32.3. The van der Waals surface area contributed by atoms with Crippen LogP contribution in [0.2, 0.25) is 0 Å². The molecule has 1 fully saturated rings. The molecule has 0 saturated carbocycles. The Hall–Kier alpha value is -5.38. The molecular weight excluding hydrogens is 595 g/mol. The van der Waals surface area contributed by atoms with Gasteiger partial charge in [0.05, 0.1) is 0 Å². The van der Waals surface area contributed by atoms with Crippen LogP contribution < -0.4 is 10.5 Å². The Morgan fingerprint density at radius 3 is 2.39 bits per heavy atom. The summed E-state index contributed by atoms with van der Waals surface area (Å²) in [5.74, 6) is -1.73. The third-order valence-electron chi connectivity index (χ3n) is 7.81. The number of ether oxygens (including phenoxy) is 1. The lowest BCUT2D eigenvalue weighted by atomic mass is 10.0. The number of furan rings is 1. The van der Waals surface area contributed by atoms with Crippen LogP contribution in [0.25, 0.3) is 28.2 Å². The molecule has 5 aromatic rings. The van der Waals surface area contributed by atoms with Gasteiger partial charge in [-0.25, -0.2) is 18.2 Å². The number of alkyl halides is 2. The number of likely N-dealkylation sites (tertiary alicyclic amines) is 1. The molecule has 2 aromatic heterocycles. The van der Waals surface area contributed by atoms with Crippen molar-refractivity contribution in [3.05, 3.63) is 114 Å². The molecule has 10 heteroatoms. The van der Waals surface area contributed by atoms with Crippen molar-refractivity contribution in [1.29, 1.82) is 0 Å². The molecule has 7 nitrogen and oxygen atoms in total. The molecule has 0 bridgehead atoms. The van der Waals surface area contributed by atoms with Crippen molar-refractivity contribution in [2.45, 2.75) is 31.6 Å². The minimum atomic E-state index is -2.73. The number of hydrogen-bond acceptors (Lipinski definition) is 6. The Morgan fingerprint density at radius 2 is 1.70 bits per heavy atom. The van der Waals surface area contributed by atoms with Crippen LogP contribution >= 0.6 is 0 Å². The van der Waals surface area contributed by atoms with Gasteiger partial charge in [0.2, 0.25) is 0 Å². The van der Waals surface area contributed by atoms with E-state index >= 15 is 0 Å². The van der Waals surface area contributed by atoms with Gasteiger partial charge in [0.15, 0.2) is 17.1 Å². The fourth-order valence-corrected chi connectivity index (χ4v) is 5.23. The van der Waals surface area contributed by atoms with Gasteiger partial charge < -0.3 is 19.8 Å². The number of nitrogens with zero attached hydrogens (tertiary/aromatic N) is 2. The van der Waals surface area contributed by atoms with E-state index in [1.165, 1.54) is 35.2 Å². The number of carbonyl (C=O) groups excluding carboxylic acids is 2. The number of anilines is 1. The largest absolute Gasteiger partial charge is 0.457 e. The van der Waals surface area contributed by atoms with Crippen molar-refractivity contribution in [3.8, 4) is 22.6 Å². The summed E-state index contributed by atoms with van der Waals surface area (Å²) in [7, 11) is 0. The number of carbonyl (C=O) groups is 2. The number of hydrogen-bond donors (Lipinski definition) is 1. The number of piperidine rings is 1. The SMILES string of the molecule is Nc1ccc(/C=C/C(=O)CCc2cc3cc(-c4ccc(C(=O)N5CCC(F)(F)CC5)cc4)cc(Oc4ccc(F)cc4)c3o2)cn1. The van der Waals surface area contributed by atoms with Crippen LogP contribution in [0.5, 0.6) is 11.5 Å². The third kappa shape index (κ3) is 7.28. The molecular formula is C36H30F3N3O4. The average Bonchev–Trinajstić information content (AvgIpc) is 3.48. The van der Waals surface area contributed by atoms with E-state index in [2.05, 4.69) is 4.98 Å². The van der Waals surface area contributed by atoms with Crippen molar-refractivity contribution in [2.24, 2.45) is 0 Å². The summed E-state index contributed by atoms with van der Waals surface area (Å²) in [6, 6.07) is 21.5. The highest BCUT2D eigenvalue weighted by atomic mass is 19.3. The molecule has 1 aliphatic heterocycles. The maximum absolute atomic E-state index is 13.6. The van der Waals surface area contributed by atoms with Crippen LogP contribution in [0.4, 0.5) is 19.0 Å². The maximum atomic E-state index is 13.6. The number of amides is 1. The van der Waals surface area contributed by atoms with Gasteiger partial charge in [-0.3, -0.25) is 9.59 Å². The number of benzene rings is 3. The van der Waals surface area contributed by atoms with Gasteiger partial charge in [0, 0.05) is 55.9 Å². The molecule has 3 aromatic carbocycles. The van der Waals surface area contributed by atoms with E-state index in [9.17, 15) is 22.8 Å². The first-order valence-corrected chi connectivity index (χ1v) is 14.8. The maximum Gasteiger partial charge on any atom is 0.253 e. The van der Waals surface area contributed by atoms with Gasteiger partial charge >= 0.3 is 0 Å². The molecule has 46 heavy (non-hydrogen) atoms. The second kappa shape index (κ2) is 12.9. The molecule has 1 saturated heterocycles. The van der Waals surface area contributed by atoms with E-state index in [1.807, 2.05) is 12.1 Å². The Labute approximate surface area is 263 Å². The molecule has 0 unspecified atom stereocenters. The Morgan fingerprint density at radius 1 is 0.957 bits per heavy atom. The van der Waals surface area contributed by atoms with Crippen molar-refractivity contribution >= 4 is 34.6 Å². The molecule has 1 amide bonds. The van der Waals surface area contributed by atoms with Crippen molar-refractivity contribution in [3.63, 3.8) is 0 Å². The highest BCUT2D eigenvalue weighted by Crippen LogP contribution is 2.38. The third-order valence-corrected chi connectivity index (χ3v) is 7.81. The monoisotopic (exact) mass is 625 g/mol. The fraction of sp³-hybridized carbons (Fsp3) is 0.194. The second-order valence-corrected chi connectivity index (χ2v) is 11.2. The van der Waals surface area contributed by atoms with Gasteiger partial charge in [0.25, 0.3) is 11.8 Å². The summed E-state index contributed by atoms with van der Waals surface area (Å²) >= 11 is 0. The number of halogens is 3. The molecule has 6 rings (SSSR count). The highest BCUT2D eigenvalue weighted by molar-refractivity contribution is 5.96. The van der Waals surface area contributed by atoms with E-state index in [0.29, 0.717) is 40.6 Å². The summed E-state index contributed by atoms with van der Waals surface area (Å²) in [5, 5.41) is 0.731. The number of nitrogens with two attached hydrogens (primary N) is 1. The Kier molecular flexibility index (Phi) is 8.61. The lowest BCUT2D eigenvalue weighted by molar-refractivity contribution is -0.114. The van der Waals surface area contributed by atoms with Crippen LogP contribution in [-0.2, 0) is 11.2 Å². The molecule has 234 valence electrons. The van der Waals surface area contributed by atoms with Gasteiger partial charge in [-0.1, -0.05) is 12.1 Å². The number of aryl methyl sites for hydroxylation is 1. The highest BCUT2D eigenvalue weighted by Gasteiger charge is 2.35. The molecule has 0 spiro atoms. The van der Waals surface area contributed by atoms with E-state index < -0.39 is 11.7 Å². The predicted molar refractivity (Wildman–Crippen MR) is 169 cm³/mol. The summed E-state index contributed by atoms with van der Waals surface area (Å²) in [6.07, 6.45) is 4.64. The molecule has 0 radical (unpaired) electrons. The van der Waals surface area contributed by atoms with Gasteiger partial charge in [-0.2, -0.15) is 0 Å². The zero-order valence-electron chi connectivity index (χ0n) is 24.7. The quantitative estimate of drug-likeness (QED) is 0.166. The van der Waals surface area contributed by atoms with E-state index in [-0.39, 0.29) is 44.0 Å². The minimum absolute atomic E-state index is 0.0130. The average molecular weight is 626 g/mol. The fourth-order valence-electron chi connectivity index (χ4n) is 5.23. The molecule has 3 heterocycles. The number of rotatable bonds is 9. The summed E-state index contributed by atoms with van der Waals surface area (Å²) in [4.78, 5) is 31.0. The van der Waals surface area contributed by atoms with E-state index in [1.54, 1.807) is 54.7 Å². The number of nitrogen functional groups attached to an aromatic ring is 1. The Balaban J connectivity index is 1.23. The first-order valence-electron chi connectivity index (χ1n) is 14.8. The van der Waals surface area contributed by atoms with Gasteiger partial charge in [-0.05, 0) is 95.6 Å². The van der Waals surface area contributed by atoms with Gasteiger partial charge in [0.1, 0.15) is 23.1 Å². The standard InChI is InChI=1S/C36H30F3N3O4/c37-28-7-11-30(12-8-28)45-32-21-26(24-3-5-25(6-4-24)35(44)42-17-15-36(38,39)16-18-42)19-27-20-31(46-34(27)32)13-10-29(43)9-1-23-2-14-33(40)41-22-23/h1-9,11-12,14,19-22H,10,13,15-18H2,(H2,40,41)/b9-1+. The summed E-state index contributed by atoms with van der Waals surface area (Å²) in [5.41, 5.74) is 8.80. The van der Waals surface area contributed by atoms with Crippen molar-refractivity contribution in [2.75, 3.05) is 18.8 Å². The summed E-state index contributed by atoms with van der Waals surface area (Å²) in [6.45, 7) is 0.0260. The lowest BCUT2D eigenvalue weighted by Crippen LogP contribution is -2.42. The number of pyridine rings is 1. The first kappa shape index (κ1) is 30.6. The number of aromatic nitrogens is 1. The van der Waals surface area contributed by atoms with Crippen LogP contribution in [0.3, 0.4) is 0 Å². The van der Waals surface area contributed by atoms with Crippen molar-refractivity contribution < 1.29 is 31.9 Å². The van der Waals surface area contributed by atoms with Crippen LogP contribution in [-0.4, -0.2) is 40.6 Å². The minimum Gasteiger partial charge on any atom is -0.457 e.